The van der Waals surface area contributed by atoms with Crippen LogP contribution in [0.25, 0.3) is 10.8 Å². The Kier molecular flexibility index (Phi) is 1.85. The zero-order valence-electron chi connectivity index (χ0n) is 9.00. The molecule has 0 N–H and O–H groups in total. The molecule has 0 amide bonds. The van der Waals surface area contributed by atoms with E-state index in [9.17, 15) is 8.78 Å². The zero-order valence-corrected chi connectivity index (χ0v) is 9.00. The number of halogens is 2. The lowest BCUT2D eigenvalue weighted by atomic mass is 9.96. The summed E-state index contributed by atoms with van der Waals surface area (Å²) < 4.78 is 26.4. The van der Waals surface area contributed by atoms with Crippen molar-refractivity contribution in [1.82, 2.24) is 0 Å². The van der Waals surface area contributed by atoms with Crippen LogP contribution < -0.4 is 0 Å². The van der Waals surface area contributed by atoms with Crippen LogP contribution >= 0.6 is 0 Å². The Hall–Kier alpha value is -1.44. The van der Waals surface area contributed by atoms with Gasteiger partial charge in [-0.25, -0.2) is 8.78 Å². The summed E-state index contributed by atoms with van der Waals surface area (Å²) in [5.74, 6) is -3.06. The lowest BCUT2D eigenvalue weighted by Crippen LogP contribution is -1.96. The Morgan fingerprint density at radius 2 is 1.81 bits per heavy atom. The minimum atomic E-state index is -2.49. The predicted molar refractivity (Wildman–Crippen MR) is 61.0 cm³/mol. The van der Waals surface area contributed by atoms with E-state index in [1.54, 1.807) is 0 Å². The van der Waals surface area contributed by atoms with Crippen LogP contribution in [-0.4, -0.2) is 5.92 Å². The first kappa shape index (κ1) is 9.76. The van der Waals surface area contributed by atoms with Crippen LogP contribution in [0.4, 0.5) is 8.78 Å². The molecule has 2 heteroatoms. The van der Waals surface area contributed by atoms with Crippen LogP contribution in [0, 0.1) is 6.92 Å². The van der Waals surface area contributed by atoms with E-state index in [0.717, 1.165) is 21.9 Å². The summed E-state index contributed by atoms with van der Waals surface area (Å²) in [7, 11) is 0. The number of rotatable bonds is 1. The van der Waals surface area contributed by atoms with Crippen LogP contribution in [-0.2, 0) is 0 Å². The van der Waals surface area contributed by atoms with Crippen molar-refractivity contribution in [2.24, 2.45) is 0 Å². The van der Waals surface area contributed by atoms with Gasteiger partial charge in [0.15, 0.2) is 0 Å². The fourth-order valence-corrected chi connectivity index (χ4v) is 2.39. The average molecular weight is 218 g/mol. The van der Waals surface area contributed by atoms with Gasteiger partial charge >= 0.3 is 0 Å². The zero-order chi connectivity index (χ0) is 11.3. The molecule has 1 unspecified atom stereocenters. The van der Waals surface area contributed by atoms with Crippen molar-refractivity contribution in [2.45, 2.75) is 25.2 Å². The highest BCUT2D eigenvalue weighted by Crippen LogP contribution is 2.57. The minimum Gasteiger partial charge on any atom is -0.206 e. The van der Waals surface area contributed by atoms with Crippen LogP contribution in [0.2, 0.25) is 0 Å². The molecule has 2 aromatic rings. The summed E-state index contributed by atoms with van der Waals surface area (Å²) in [5.41, 5.74) is 1.81. The number of hydrogen-bond donors (Lipinski definition) is 0. The molecule has 1 saturated carbocycles. The van der Waals surface area contributed by atoms with Crippen LogP contribution in [0.15, 0.2) is 36.4 Å². The van der Waals surface area contributed by atoms with Gasteiger partial charge in [0.05, 0.1) is 5.92 Å². The topological polar surface area (TPSA) is 0 Å². The average Bonchev–Trinajstić information content (AvgIpc) is 2.87. The molecular weight excluding hydrogens is 206 g/mol. The van der Waals surface area contributed by atoms with Gasteiger partial charge in [0.1, 0.15) is 0 Å². The van der Waals surface area contributed by atoms with E-state index in [1.165, 1.54) is 0 Å². The Balaban J connectivity index is 2.26. The van der Waals surface area contributed by atoms with Gasteiger partial charge in [-0.1, -0.05) is 36.4 Å². The molecule has 0 bridgehead atoms. The Morgan fingerprint density at radius 3 is 2.50 bits per heavy atom. The summed E-state index contributed by atoms with van der Waals surface area (Å²) in [6, 6.07) is 11.7. The Bertz CT molecular complexity index is 558. The maximum atomic E-state index is 13.2. The van der Waals surface area contributed by atoms with Crippen molar-refractivity contribution in [3.05, 3.63) is 47.5 Å². The molecule has 3 rings (SSSR count). The molecule has 0 spiro atoms. The first-order valence-electron chi connectivity index (χ1n) is 5.46. The molecule has 16 heavy (non-hydrogen) atoms. The third-order valence-electron chi connectivity index (χ3n) is 3.36. The smallest absolute Gasteiger partial charge is 0.206 e. The summed E-state index contributed by atoms with van der Waals surface area (Å²) in [6.07, 6.45) is 0.00183. The largest absolute Gasteiger partial charge is 0.255 e. The molecule has 2 aromatic carbocycles. The van der Waals surface area contributed by atoms with Crippen molar-refractivity contribution in [1.29, 1.82) is 0 Å². The number of alkyl halides is 2. The van der Waals surface area contributed by atoms with Crippen molar-refractivity contribution in [3.8, 4) is 0 Å². The molecule has 0 radical (unpaired) electrons. The minimum absolute atomic E-state index is 0.00183. The molecule has 0 aromatic heterocycles. The van der Waals surface area contributed by atoms with E-state index in [1.807, 2.05) is 43.3 Å². The number of hydrogen-bond acceptors (Lipinski definition) is 0. The molecule has 1 aliphatic carbocycles. The van der Waals surface area contributed by atoms with Crippen LogP contribution in [0.5, 0.6) is 0 Å². The molecule has 1 aliphatic rings. The normalized spacial score (nSPS) is 22.3. The maximum Gasteiger partial charge on any atom is 0.255 e. The molecule has 0 aliphatic heterocycles. The number of aryl methyl sites for hydroxylation is 1. The second kappa shape index (κ2) is 3.03. The second-order valence-corrected chi connectivity index (χ2v) is 4.54. The van der Waals surface area contributed by atoms with Gasteiger partial charge in [-0.3, -0.25) is 0 Å². The van der Waals surface area contributed by atoms with Gasteiger partial charge in [0.2, 0.25) is 0 Å². The van der Waals surface area contributed by atoms with Gasteiger partial charge in [0.25, 0.3) is 5.92 Å². The highest BCUT2D eigenvalue weighted by Gasteiger charge is 2.58. The van der Waals surface area contributed by atoms with Gasteiger partial charge in [-0.05, 0) is 28.8 Å². The summed E-state index contributed by atoms with van der Waals surface area (Å²) in [4.78, 5) is 0. The van der Waals surface area contributed by atoms with Crippen molar-refractivity contribution < 1.29 is 8.78 Å². The lowest BCUT2D eigenvalue weighted by Gasteiger charge is -2.09. The van der Waals surface area contributed by atoms with Crippen LogP contribution in [0.1, 0.15) is 23.5 Å². The summed E-state index contributed by atoms with van der Waals surface area (Å²) in [5, 5.41) is 2.02. The molecule has 1 atom stereocenters. The maximum absolute atomic E-state index is 13.2. The highest BCUT2D eigenvalue weighted by atomic mass is 19.3. The van der Waals surface area contributed by atoms with E-state index in [2.05, 4.69) is 0 Å². The fraction of sp³-hybridized carbons (Fsp3) is 0.286. The molecule has 82 valence electrons. The molecule has 0 nitrogen and oxygen atoms in total. The van der Waals surface area contributed by atoms with Crippen molar-refractivity contribution in [2.75, 3.05) is 0 Å². The molecule has 0 heterocycles. The summed E-state index contributed by atoms with van der Waals surface area (Å²) in [6.45, 7) is 1.91. The lowest BCUT2D eigenvalue weighted by molar-refractivity contribution is 0.112. The van der Waals surface area contributed by atoms with E-state index in [0.29, 0.717) is 0 Å². The standard InChI is InChI=1S/C14H12F2/c1-9-6-7-10-4-2-3-5-11(10)13(9)12-8-14(12,15)16/h2-7,12H,8H2,1H3. The second-order valence-electron chi connectivity index (χ2n) is 4.54. The van der Waals surface area contributed by atoms with E-state index < -0.39 is 11.8 Å². The van der Waals surface area contributed by atoms with Crippen molar-refractivity contribution in [3.63, 3.8) is 0 Å². The molecule has 0 saturated heterocycles. The summed E-state index contributed by atoms with van der Waals surface area (Å²) >= 11 is 0. The first-order chi connectivity index (χ1) is 7.59. The quantitative estimate of drug-likeness (QED) is 0.670. The third kappa shape index (κ3) is 1.33. The highest BCUT2D eigenvalue weighted by molar-refractivity contribution is 5.87. The SMILES string of the molecule is Cc1ccc2ccccc2c1C1CC1(F)F. The van der Waals surface area contributed by atoms with Gasteiger partial charge in [-0.15, -0.1) is 0 Å². The fourth-order valence-electron chi connectivity index (χ4n) is 2.39. The van der Waals surface area contributed by atoms with E-state index >= 15 is 0 Å². The number of fused-ring (bicyclic) bond motifs is 1. The van der Waals surface area contributed by atoms with Gasteiger partial charge < -0.3 is 0 Å². The van der Waals surface area contributed by atoms with Gasteiger partial charge in [-0.2, -0.15) is 0 Å². The van der Waals surface area contributed by atoms with E-state index in [4.69, 9.17) is 0 Å². The Labute approximate surface area is 92.9 Å². The first-order valence-corrected chi connectivity index (χ1v) is 5.46. The number of benzene rings is 2. The van der Waals surface area contributed by atoms with E-state index in [-0.39, 0.29) is 6.42 Å². The molecular formula is C14H12F2. The van der Waals surface area contributed by atoms with Crippen LogP contribution in [0.3, 0.4) is 0 Å². The van der Waals surface area contributed by atoms with Gasteiger partial charge in [0, 0.05) is 6.42 Å². The van der Waals surface area contributed by atoms with Crippen molar-refractivity contribution >= 4 is 10.8 Å². The Morgan fingerprint density at radius 1 is 1.12 bits per heavy atom. The predicted octanol–water partition coefficient (Wildman–Crippen LogP) is 4.27. The monoisotopic (exact) mass is 218 g/mol. The molecule has 1 fully saturated rings. The third-order valence-corrected chi connectivity index (χ3v) is 3.36.